The Kier molecular flexibility index (Phi) is 4.17. The zero-order valence-corrected chi connectivity index (χ0v) is 8.91. The molecule has 2 rings (SSSR count). The summed E-state index contributed by atoms with van der Waals surface area (Å²) in [6.07, 6.45) is 4.15. The fourth-order valence-corrected chi connectivity index (χ4v) is 1.76. The molecule has 1 aliphatic heterocycles. The molecule has 0 spiro atoms. The Morgan fingerprint density at radius 1 is 1.43 bits per heavy atom. The molecule has 2 heterocycles. The number of aromatic nitrogens is 1. The van der Waals surface area contributed by atoms with Crippen LogP contribution >= 0.6 is 12.4 Å². The van der Waals surface area contributed by atoms with Gasteiger partial charge < -0.3 is 10.6 Å². The van der Waals surface area contributed by atoms with Crippen LogP contribution in [0.4, 0.5) is 5.82 Å². The summed E-state index contributed by atoms with van der Waals surface area (Å²) in [7, 11) is 0. The molecule has 78 valence electrons. The zero-order valence-electron chi connectivity index (χ0n) is 8.10. The van der Waals surface area contributed by atoms with Crippen LogP contribution in [0, 0.1) is 0 Å². The molecule has 1 fully saturated rings. The second-order valence-electron chi connectivity index (χ2n) is 3.54. The third-order valence-corrected chi connectivity index (χ3v) is 2.43. The van der Waals surface area contributed by atoms with Gasteiger partial charge in [0.2, 0.25) is 0 Å². The van der Waals surface area contributed by atoms with Gasteiger partial charge in [0.25, 0.3) is 0 Å². The Hall–Kier alpha value is -0.800. The molecule has 1 unspecified atom stereocenters. The largest absolute Gasteiger partial charge is 0.355 e. The number of hydrogen-bond donors (Lipinski definition) is 1. The van der Waals surface area contributed by atoms with E-state index in [2.05, 4.69) is 9.88 Å². The van der Waals surface area contributed by atoms with Crippen molar-refractivity contribution in [2.45, 2.75) is 18.9 Å². The smallest absolute Gasteiger partial charge is 0.128 e. The van der Waals surface area contributed by atoms with E-state index in [-0.39, 0.29) is 12.4 Å². The Labute approximate surface area is 90.7 Å². The average Bonchev–Trinajstić information content (AvgIpc) is 2.19. The van der Waals surface area contributed by atoms with Crippen molar-refractivity contribution in [3.63, 3.8) is 0 Å². The molecule has 0 saturated carbocycles. The summed E-state index contributed by atoms with van der Waals surface area (Å²) in [6.45, 7) is 2.03. The van der Waals surface area contributed by atoms with Gasteiger partial charge in [-0.2, -0.15) is 0 Å². The lowest BCUT2D eigenvalue weighted by molar-refractivity contribution is 0.503. The SMILES string of the molecule is Cl.NC1CCCN(c2ccccn2)C1. The average molecular weight is 214 g/mol. The predicted molar refractivity (Wildman–Crippen MR) is 60.9 cm³/mol. The summed E-state index contributed by atoms with van der Waals surface area (Å²) >= 11 is 0. The maximum absolute atomic E-state index is 5.89. The third kappa shape index (κ3) is 2.59. The van der Waals surface area contributed by atoms with Crippen molar-refractivity contribution in [2.24, 2.45) is 5.73 Å². The number of rotatable bonds is 1. The minimum absolute atomic E-state index is 0. The van der Waals surface area contributed by atoms with Crippen molar-refractivity contribution in [1.82, 2.24) is 4.98 Å². The highest BCUT2D eigenvalue weighted by atomic mass is 35.5. The quantitative estimate of drug-likeness (QED) is 0.768. The molecule has 0 aliphatic carbocycles. The number of nitrogens with zero attached hydrogens (tertiary/aromatic N) is 2. The van der Waals surface area contributed by atoms with Gasteiger partial charge in [-0.05, 0) is 25.0 Å². The first-order chi connectivity index (χ1) is 6.36. The molecule has 0 aromatic carbocycles. The van der Waals surface area contributed by atoms with Crippen LogP contribution in [0.5, 0.6) is 0 Å². The Morgan fingerprint density at radius 3 is 2.93 bits per heavy atom. The van der Waals surface area contributed by atoms with Crippen molar-refractivity contribution in [3.05, 3.63) is 24.4 Å². The van der Waals surface area contributed by atoms with Crippen molar-refractivity contribution in [2.75, 3.05) is 18.0 Å². The van der Waals surface area contributed by atoms with E-state index in [0.29, 0.717) is 6.04 Å². The summed E-state index contributed by atoms with van der Waals surface area (Å²) in [5.41, 5.74) is 5.89. The number of pyridine rings is 1. The van der Waals surface area contributed by atoms with Gasteiger partial charge in [0.1, 0.15) is 5.82 Å². The van der Waals surface area contributed by atoms with E-state index in [0.717, 1.165) is 25.3 Å². The zero-order chi connectivity index (χ0) is 9.10. The van der Waals surface area contributed by atoms with E-state index in [1.165, 1.54) is 6.42 Å². The summed E-state index contributed by atoms with van der Waals surface area (Å²) in [5.74, 6) is 1.05. The van der Waals surface area contributed by atoms with E-state index in [1.54, 1.807) is 0 Å². The highest BCUT2D eigenvalue weighted by Gasteiger charge is 2.16. The Bertz CT molecular complexity index is 265. The number of nitrogens with two attached hydrogens (primary N) is 1. The molecule has 1 aromatic rings. The van der Waals surface area contributed by atoms with Crippen molar-refractivity contribution >= 4 is 18.2 Å². The summed E-state index contributed by atoms with van der Waals surface area (Å²) < 4.78 is 0. The lowest BCUT2D eigenvalue weighted by Crippen LogP contribution is -2.43. The van der Waals surface area contributed by atoms with Gasteiger partial charge in [0.15, 0.2) is 0 Å². The molecule has 4 heteroatoms. The maximum Gasteiger partial charge on any atom is 0.128 e. The number of halogens is 1. The number of hydrogen-bond acceptors (Lipinski definition) is 3. The maximum atomic E-state index is 5.89. The Morgan fingerprint density at radius 2 is 2.29 bits per heavy atom. The summed E-state index contributed by atoms with van der Waals surface area (Å²) in [5, 5.41) is 0. The van der Waals surface area contributed by atoms with Crippen LogP contribution in [0.1, 0.15) is 12.8 Å². The molecule has 1 aromatic heterocycles. The van der Waals surface area contributed by atoms with Crippen LogP contribution < -0.4 is 10.6 Å². The summed E-state index contributed by atoms with van der Waals surface area (Å²) in [6, 6.07) is 6.31. The number of anilines is 1. The topological polar surface area (TPSA) is 42.1 Å². The second kappa shape index (κ2) is 5.17. The van der Waals surface area contributed by atoms with Gasteiger partial charge in [-0.1, -0.05) is 6.07 Å². The normalized spacial score (nSPS) is 21.5. The van der Waals surface area contributed by atoms with Gasteiger partial charge in [-0.3, -0.25) is 0 Å². The third-order valence-electron chi connectivity index (χ3n) is 2.43. The van der Waals surface area contributed by atoms with Gasteiger partial charge in [0, 0.05) is 25.3 Å². The number of piperidine rings is 1. The van der Waals surface area contributed by atoms with E-state index < -0.39 is 0 Å². The fourth-order valence-electron chi connectivity index (χ4n) is 1.76. The first-order valence-corrected chi connectivity index (χ1v) is 4.78. The molecule has 1 aliphatic rings. The van der Waals surface area contributed by atoms with Crippen LogP contribution in [-0.4, -0.2) is 24.1 Å². The first-order valence-electron chi connectivity index (χ1n) is 4.78. The molecule has 2 N–H and O–H groups in total. The van der Waals surface area contributed by atoms with E-state index in [4.69, 9.17) is 5.73 Å². The molecular formula is C10H16ClN3. The molecule has 1 saturated heterocycles. The minimum atomic E-state index is 0. The lowest BCUT2D eigenvalue weighted by atomic mass is 10.1. The molecule has 0 bridgehead atoms. The highest BCUT2D eigenvalue weighted by molar-refractivity contribution is 5.85. The highest BCUT2D eigenvalue weighted by Crippen LogP contribution is 2.15. The molecule has 14 heavy (non-hydrogen) atoms. The van der Waals surface area contributed by atoms with Gasteiger partial charge >= 0.3 is 0 Å². The fraction of sp³-hybridized carbons (Fsp3) is 0.500. The minimum Gasteiger partial charge on any atom is -0.355 e. The van der Waals surface area contributed by atoms with Crippen molar-refractivity contribution < 1.29 is 0 Å². The van der Waals surface area contributed by atoms with Crippen molar-refractivity contribution in [1.29, 1.82) is 0 Å². The van der Waals surface area contributed by atoms with Gasteiger partial charge in [0.05, 0.1) is 0 Å². The van der Waals surface area contributed by atoms with Gasteiger partial charge in [-0.15, -0.1) is 12.4 Å². The first kappa shape index (κ1) is 11.3. The van der Waals surface area contributed by atoms with Gasteiger partial charge in [-0.25, -0.2) is 4.98 Å². The molecule has 0 radical (unpaired) electrons. The second-order valence-corrected chi connectivity index (χ2v) is 3.54. The van der Waals surface area contributed by atoms with Crippen LogP contribution in [-0.2, 0) is 0 Å². The van der Waals surface area contributed by atoms with Crippen LogP contribution in [0.2, 0.25) is 0 Å². The monoisotopic (exact) mass is 213 g/mol. The van der Waals surface area contributed by atoms with E-state index in [1.807, 2.05) is 24.4 Å². The standard InChI is InChI=1S/C10H15N3.ClH/c11-9-4-3-7-13(8-9)10-5-1-2-6-12-10;/h1-2,5-6,9H,3-4,7-8,11H2;1H. The molecule has 0 amide bonds. The van der Waals surface area contributed by atoms with Crippen LogP contribution in [0.25, 0.3) is 0 Å². The molecular weight excluding hydrogens is 198 g/mol. The van der Waals surface area contributed by atoms with Crippen LogP contribution in [0.3, 0.4) is 0 Å². The van der Waals surface area contributed by atoms with Crippen LogP contribution in [0.15, 0.2) is 24.4 Å². The van der Waals surface area contributed by atoms with E-state index in [9.17, 15) is 0 Å². The predicted octanol–water partition coefficient (Wildman–Crippen LogP) is 1.43. The van der Waals surface area contributed by atoms with Crippen molar-refractivity contribution in [3.8, 4) is 0 Å². The lowest BCUT2D eigenvalue weighted by Gasteiger charge is -2.31. The Balaban J connectivity index is 0.000000980. The molecule has 3 nitrogen and oxygen atoms in total. The summed E-state index contributed by atoms with van der Waals surface area (Å²) in [4.78, 5) is 6.57. The molecule has 1 atom stereocenters. The van der Waals surface area contributed by atoms with E-state index >= 15 is 0 Å².